The molecular formula is C22H32O5S. The van der Waals surface area contributed by atoms with Crippen LogP contribution in [0, 0.1) is 22.7 Å². The quantitative estimate of drug-likeness (QED) is 0.654. The first kappa shape index (κ1) is 20.1. The minimum Gasteiger partial charge on any atom is -0.387 e. The number of hydrogen-bond acceptors (Lipinski definition) is 5. The molecule has 156 valence electrons. The van der Waals surface area contributed by atoms with Crippen molar-refractivity contribution in [2.24, 2.45) is 22.7 Å². The monoisotopic (exact) mass is 408 g/mol. The number of fused-ring (bicyclic) bond motifs is 5. The summed E-state index contributed by atoms with van der Waals surface area (Å²) in [4.78, 5) is 12.7. The van der Waals surface area contributed by atoms with Gasteiger partial charge in [-0.1, -0.05) is 19.9 Å². The van der Waals surface area contributed by atoms with E-state index >= 15 is 0 Å². The molecule has 0 heterocycles. The Bertz CT molecular complexity index is 856. The van der Waals surface area contributed by atoms with Gasteiger partial charge in [-0.3, -0.25) is 4.79 Å². The summed E-state index contributed by atoms with van der Waals surface area (Å²) in [5.41, 5.74) is 0.439. The van der Waals surface area contributed by atoms with Crippen LogP contribution in [0.4, 0.5) is 0 Å². The van der Waals surface area contributed by atoms with E-state index in [1.807, 2.05) is 6.08 Å². The number of allylic oxidation sites excluding steroid dienone is 3. The van der Waals surface area contributed by atoms with Gasteiger partial charge >= 0.3 is 10.1 Å². The molecular weight excluding hydrogens is 376 g/mol. The summed E-state index contributed by atoms with van der Waals surface area (Å²) < 4.78 is 35.0. The summed E-state index contributed by atoms with van der Waals surface area (Å²) in [5.74, 6) is 1.65. The fourth-order valence-electron chi connectivity index (χ4n) is 6.84. The average molecular weight is 409 g/mol. The van der Waals surface area contributed by atoms with Crippen molar-refractivity contribution in [1.82, 2.24) is 0 Å². The van der Waals surface area contributed by atoms with Crippen LogP contribution in [0.25, 0.3) is 0 Å². The predicted octanol–water partition coefficient (Wildman–Crippen LogP) is 4.15. The third-order valence-corrected chi connectivity index (χ3v) is 8.77. The molecule has 4 aliphatic rings. The Morgan fingerprint density at radius 3 is 2.57 bits per heavy atom. The third-order valence-electron chi connectivity index (χ3n) is 8.25. The lowest BCUT2D eigenvalue weighted by molar-refractivity contribution is -0.207. The van der Waals surface area contributed by atoms with E-state index in [4.69, 9.17) is 8.92 Å². The van der Waals surface area contributed by atoms with Crippen molar-refractivity contribution >= 4 is 15.9 Å². The van der Waals surface area contributed by atoms with Crippen LogP contribution in [0.1, 0.15) is 65.7 Å². The fraction of sp³-hybridized carbons (Fsp3) is 0.773. The van der Waals surface area contributed by atoms with Gasteiger partial charge in [0.2, 0.25) is 0 Å². The van der Waals surface area contributed by atoms with Gasteiger partial charge in [0.1, 0.15) is 11.5 Å². The second-order valence-electron chi connectivity index (χ2n) is 9.54. The average Bonchev–Trinajstić information content (AvgIpc) is 2.90. The zero-order valence-corrected chi connectivity index (χ0v) is 18.2. The minimum atomic E-state index is -3.52. The first-order chi connectivity index (χ1) is 13.1. The Kier molecular flexibility index (Phi) is 4.63. The molecule has 4 aliphatic carbocycles. The highest BCUT2D eigenvalue weighted by Crippen LogP contribution is 2.66. The Labute approximate surface area is 168 Å². The van der Waals surface area contributed by atoms with E-state index in [2.05, 4.69) is 26.8 Å². The molecule has 0 saturated heterocycles. The minimum absolute atomic E-state index is 0.191. The van der Waals surface area contributed by atoms with E-state index in [1.165, 1.54) is 0 Å². The van der Waals surface area contributed by atoms with Crippen molar-refractivity contribution in [2.75, 3.05) is 12.9 Å². The summed E-state index contributed by atoms with van der Waals surface area (Å²) in [5, 5.41) is 0. The van der Waals surface area contributed by atoms with Crippen LogP contribution in [0.5, 0.6) is 0 Å². The van der Waals surface area contributed by atoms with E-state index < -0.39 is 10.1 Å². The Morgan fingerprint density at radius 2 is 1.89 bits per heavy atom. The smallest absolute Gasteiger partial charge is 0.305 e. The highest BCUT2D eigenvalue weighted by Gasteiger charge is 2.66. The molecule has 4 rings (SSSR count). The molecule has 0 aliphatic heterocycles. The van der Waals surface area contributed by atoms with Crippen molar-refractivity contribution in [3.05, 3.63) is 23.5 Å². The molecule has 0 spiro atoms. The Balaban J connectivity index is 1.77. The highest BCUT2D eigenvalue weighted by atomic mass is 32.2. The predicted molar refractivity (Wildman–Crippen MR) is 107 cm³/mol. The van der Waals surface area contributed by atoms with Gasteiger partial charge in [0.25, 0.3) is 0 Å². The molecule has 0 aromatic heterocycles. The zero-order chi connectivity index (χ0) is 20.4. The lowest BCUT2D eigenvalue weighted by Gasteiger charge is -2.62. The van der Waals surface area contributed by atoms with Gasteiger partial charge in [-0.2, -0.15) is 8.42 Å². The topological polar surface area (TPSA) is 69.7 Å². The van der Waals surface area contributed by atoms with Gasteiger partial charge in [-0.05, 0) is 62.5 Å². The maximum Gasteiger partial charge on any atom is 0.305 e. The molecule has 0 radical (unpaired) electrons. The summed E-state index contributed by atoms with van der Waals surface area (Å²) in [6.45, 7) is 7.14. The number of carbonyl (C=O) groups excluding carboxylic acids is 1. The van der Waals surface area contributed by atoms with Crippen LogP contribution in [0.15, 0.2) is 23.5 Å². The molecule has 5 unspecified atom stereocenters. The van der Waals surface area contributed by atoms with Crippen LogP contribution in [-0.4, -0.2) is 32.7 Å². The van der Waals surface area contributed by atoms with Crippen LogP contribution in [0.2, 0.25) is 0 Å². The lowest BCUT2D eigenvalue weighted by Crippen LogP contribution is -2.63. The number of rotatable bonds is 4. The summed E-state index contributed by atoms with van der Waals surface area (Å²) in [6, 6.07) is 0. The van der Waals surface area contributed by atoms with Crippen LogP contribution in [0.3, 0.4) is 0 Å². The number of carbonyl (C=O) groups is 1. The van der Waals surface area contributed by atoms with E-state index in [0.29, 0.717) is 42.8 Å². The second-order valence-corrected chi connectivity index (χ2v) is 11.1. The molecule has 2 saturated carbocycles. The fourth-order valence-corrected chi connectivity index (χ4v) is 7.36. The Morgan fingerprint density at radius 1 is 1.14 bits per heavy atom. The van der Waals surface area contributed by atoms with Gasteiger partial charge in [-0.25, -0.2) is 0 Å². The van der Waals surface area contributed by atoms with E-state index in [9.17, 15) is 13.2 Å². The molecule has 28 heavy (non-hydrogen) atoms. The Hall–Kier alpha value is -1.14. The number of ketones is 1. The first-order valence-corrected chi connectivity index (χ1v) is 12.4. The molecule has 0 amide bonds. The van der Waals surface area contributed by atoms with Crippen LogP contribution in [-0.2, 0) is 23.8 Å². The van der Waals surface area contributed by atoms with Crippen molar-refractivity contribution in [3.63, 3.8) is 0 Å². The summed E-state index contributed by atoms with van der Waals surface area (Å²) in [6.07, 6.45) is 11.0. The van der Waals surface area contributed by atoms with Crippen LogP contribution >= 0.6 is 0 Å². The van der Waals surface area contributed by atoms with Crippen molar-refractivity contribution in [3.8, 4) is 0 Å². The molecule has 0 bridgehead atoms. The van der Waals surface area contributed by atoms with E-state index in [0.717, 1.165) is 43.9 Å². The van der Waals surface area contributed by atoms with Gasteiger partial charge < -0.3 is 8.92 Å². The van der Waals surface area contributed by atoms with Gasteiger partial charge in [0.05, 0.1) is 11.9 Å². The second kappa shape index (κ2) is 6.43. The zero-order valence-electron chi connectivity index (χ0n) is 17.4. The van der Waals surface area contributed by atoms with Crippen LogP contribution < -0.4 is 0 Å². The number of ether oxygens (including phenoxy) is 1. The van der Waals surface area contributed by atoms with Gasteiger partial charge in [-0.15, -0.1) is 0 Å². The molecule has 6 heteroatoms. The lowest BCUT2D eigenvalue weighted by atomic mass is 9.46. The number of hydrogen-bond donors (Lipinski definition) is 0. The largest absolute Gasteiger partial charge is 0.387 e. The van der Waals surface area contributed by atoms with Crippen molar-refractivity contribution in [1.29, 1.82) is 0 Å². The third kappa shape index (κ3) is 2.74. The maximum absolute atomic E-state index is 12.7. The summed E-state index contributed by atoms with van der Waals surface area (Å²) in [7, 11) is -3.52. The van der Waals surface area contributed by atoms with Gasteiger partial charge in [0, 0.05) is 30.3 Å². The van der Waals surface area contributed by atoms with Crippen molar-refractivity contribution in [2.45, 2.75) is 71.3 Å². The first-order valence-electron chi connectivity index (χ1n) is 10.5. The molecule has 0 aromatic carbocycles. The molecule has 5 atom stereocenters. The molecule has 5 nitrogen and oxygen atoms in total. The normalized spacial score (nSPS) is 42.8. The van der Waals surface area contributed by atoms with E-state index in [-0.39, 0.29) is 16.4 Å². The van der Waals surface area contributed by atoms with Gasteiger partial charge in [0.15, 0.2) is 0 Å². The maximum atomic E-state index is 12.7. The van der Waals surface area contributed by atoms with E-state index in [1.54, 1.807) is 0 Å². The molecule has 0 N–H and O–H groups in total. The highest BCUT2D eigenvalue weighted by molar-refractivity contribution is 7.86. The SMILES string of the molecule is CCOC12CCC3(C)C(=O)CCC3C1CC=C1C=C(OS(C)(=O)=O)CCC12C. The summed E-state index contributed by atoms with van der Waals surface area (Å²) >= 11 is 0. The molecule has 0 aromatic rings. The molecule has 2 fully saturated rings. The standard InChI is InChI=1S/C22H32O5S/c1-5-26-22-13-12-20(2)17(8-9-19(20)23)18(22)7-6-15-14-16(27-28(4,24)25)10-11-21(15,22)3/h6,14,17-18H,5,7-13H2,1-4H3. The number of Topliss-reactive ketones (excluding diaryl/α,β-unsaturated/α-hetero) is 1. The van der Waals surface area contributed by atoms with Crippen molar-refractivity contribution < 1.29 is 22.1 Å².